The second-order valence-corrected chi connectivity index (χ2v) is 4.72. The van der Waals surface area contributed by atoms with Gasteiger partial charge in [-0.05, 0) is 39.2 Å². The predicted octanol–water partition coefficient (Wildman–Crippen LogP) is 0.391. The molecule has 0 saturated heterocycles. The number of aromatic carboxylic acids is 1. The second kappa shape index (κ2) is 8.01. The lowest BCUT2D eigenvalue weighted by Crippen LogP contribution is -2.37. The van der Waals surface area contributed by atoms with Gasteiger partial charge in [0.25, 0.3) is 0 Å². The van der Waals surface area contributed by atoms with Crippen LogP contribution in [0.1, 0.15) is 16.8 Å². The molecule has 0 aromatic heterocycles. The third-order valence-electron chi connectivity index (χ3n) is 2.68. The van der Waals surface area contributed by atoms with Gasteiger partial charge < -0.3 is 20.6 Å². The van der Waals surface area contributed by atoms with E-state index in [0.717, 1.165) is 13.0 Å². The Bertz CT molecular complexity index is 529. The second-order valence-electron chi connectivity index (χ2n) is 4.72. The zero-order valence-corrected chi connectivity index (χ0v) is 12.0. The van der Waals surface area contributed by atoms with Crippen molar-refractivity contribution in [1.29, 1.82) is 0 Å². The van der Waals surface area contributed by atoms with E-state index in [2.05, 4.69) is 10.6 Å². The summed E-state index contributed by atoms with van der Waals surface area (Å²) in [5.74, 6) is -2.83. The zero-order chi connectivity index (χ0) is 15.8. The smallest absolute Gasteiger partial charge is 0.337 e. The van der Waals surface area contributed by atoms with E-state index < -0.39 is 17.8 Å². The summed E-state index contributed by atoms with van der Waals surface area (Å²) < 4.78 is 0. The third kappa shape index (κ3) is 5.62. The maximum absolute atomic E-state index is 11.7. The first-order valence-electron chi connectivity index (χ1n) is 6.48. The van der Waals surface area contributed by atoms with Gasteiger partial charge in [-0.1, -0.05) is 12.1 Å². The summed E-state index contributed by atoms with van der Waals surface area (Å²) in [5, 5.41) is 13.8. The molecule has 1 aromatic carbocycles. The van der Waals surface area contributed by atoms with Crippen LogP contribution in [0.25, 0.3) is 0 Å². The summed E-state index contributed by atoms with van der Waals surface area (Å²) in [4.78, 5) is 36.2. The van der Waals surface area contributed by atoms with Crippen molar-refractivity contribution in [3.05, 3.63) is 29.8 Å². The first-order valence-corrected chi connectivity index (χ1v) is 6.48. The van der Waals surface area contributed by atoms with E-state index in [1.54, 1.807) is 12.1 Å². The highest BCUT2D eigenvalue weighted by molar-refractivity contribution is 6.39. The van der Waals surface area contributed by atoms with Crippen LogP contribution in [0.15, 0.2) is 24.3 Å². The van der Waals surface area contributed by atoms with Crippen molar-refractivity contribution < 1.29 is 19.5 Å². The highest BCUT2D eigenvalue weighted by Crippen LogP contribution is 2.14. The highest BCUT2D eigenvalue weighted by atomic mass is 16.4. The van der Waals surface area contributed by atoms with E-state index in [-0.39, 0.29) is 11.3 Å². The number of amides is 2. The molecule has 1 rings (SSSR count). The van der Waals surface area contributed by atoms with Gasteiger partial charge in [0.1, 0.15) is 0 Å². The minimum atomic E-state index is -1.17. The maximum atomic E-state index is 11.7. The van der Waals surface area contributed by atoms with E-state index in [1.807, 2.05) is 19.0 Å². The summed E-state index contributed by atoms with van der Waals surface area (Å²) >= 11 is 0. The molecule has 7 heteroatoms. The van der Waals surface area contributed by atoms with Gasteiger partial charge in [-0.2, -0.15) is 0 Å². The van der Waals surface area contributed by atoms with Crippen LogP contribution in [0, 0.1) is 0 Å². The van der Waals surface area contributed by atoms with Gasteiger partial charge in [0.05, 0.1) is 11.3 Å². The minimum Gasteiger partial charge on any atom is -0.478 e. The van der Waals surface area contributed by atoms with Gasteiger partial charge in [-0.15, -0.1) is 0 Å². The fourth-order valence-electron chi connectivity index (χ4n) is 1.64. The fourth-order valence-corrected chi connectivity index (χ4v) is 1.64. The number of rotatable bonds is 6. The molecule has 0 radical (unpaired) electrons. The Morgan fingerprint density at radius 3 is 2.43 bits per heavy atom. The molecule has 0 fully saturated rings. The monoisotopic (exact) mass is 293 g/mol. The quantitative estimate of drug-likeness (QED) is 0.520. The molecule has 0 heterocycles. The standard InChI is InChI=1S/C14H19N3O4/c1-17(2)9-5-8-15-12(18)13(19)16-11-7-4-3-6-10(11)14(20)21/h3-4,6-7H,5,8-9H2,1-2H3,(H,15,18)(H,16,19)(H,20,21). The number of benzene rings is 1. The average Bonchev–Trinajstić information content (AvgIpc) is 2.43. The Morgan fingerprint density at radius 1 is 1.14 bits per heavy atom. The summed E-state index contributed by atoms with van der Waals surface area (Å²) in [5.41, 5.74) is 0.0321. The molecule has 0 aliphatic carbocycles. The Hall–Kier alpha value is -2.41. The normalized spacial score (nSPS) is 10.2. The number of anilines is 1. The molecule has 1 aromatic rings. The van der Waals surface area contributed by atoms with Crippen molar-refractivity contribution in [3.8, 4) is 0 Å². The number of nitrogens with zero attached hydrogens (tertiary/aromatic N) is 1. The molecule has 3 N–H and O–H groups in total. The van der Waals surface area contributed by atoms with Gasteiger partial charge in [0.2, 0.25) is 0 Å². The number of para-hydroxylation sites is 1. The van der Waals surface area contributed by atoms with Crippen molar-refractivity contribution in [1.82, 2.24) is 10.2 Å². The number of carbonyl (C=O) groups is 3. The largest absolute Gasteiger partial charge is 0.478 e. The molecule has 0 bridgehead atoms. The molecule has 0 aliphatic heterocycles. The lowest BCUT2D eigenvalue weighted by Gasteiger charge is -2.10. The third-order valence-corrected chi connectivity index (χ3v) is 2.68. The van der Waals surface area contributed by atoms with Crippen molar-refractivity contribution in [2.75, 3.05) is 32.5 Å². The number of hydrogen-bond donors (Lipinski definition) is 3. The van der Waals surface area contributed by atoms with Gasteiger partial charge >= 0.3 is 17.8 Å². The number of carbonyl (C=O) groups excluding carboxylic acids is 2. The highest BCUT2D eigenvalue weighted by Gasteiger charge is 2.16. The van der Waals surface area contributed by atoms with E-state index in [9.17, 15) is 14.4 Å². The number of carboxylic acid groups (broad SMARTS) is 1. The fraction of sp³-hybridized carbons (Fsp3) is 0.357. The van der Waals surface area contributed by atoms with Gasteiger partial charge in [-0.3, -0.25) is 9.59 Å². The SMILES string of the molecule is CN(C)CCCNC(=O)C(=O)Nc1ccccc1C(=O)O. The van der Waals surface area contributed by atoms with Crippen LogP contribution in [0.2, 0.25) is 0 Å². The maximum Gasteiger partial charge on any atom is 0.337 e. The van der Waals surface area contributed by atoms with Crippen molar-refractivity contribution in [3.63, 3.8) is 0 Å². The molecule has 0 spiro atoms. The van der Waals surface area contributed by atoms with Crippen molar-refractivity contribution in [2.45, 2.75) is 6.42 Å². The first-order chi connectivity index (χ1) is 9.91. The van der Waals surface area contributed by atoms with Crippen LogP contribution in [-0.4, -0.2) is 55.0 Å². The van der Waals surface area contributed by atoms with E-state index in [1.165, 1.54) is 12.1 Å². The van der Waals surface area contributed by atoms with E-state index >= 15 is 0 Å². The van der Waals surface area contributed by atoms with Gasteiger partial charge in [0.15, 0.2) is 0 Å². The minimum absolute atomic E-state index is 0.0637. The first kappa shape index (κ1) is 16.6. The topological polar surface area (TPSA) is 98.7 Å². The molecule has 114 valence electrons. The molecule has 0 unspecified atom stereocenters. The number of hydrogen-bond acceptors (Lipinski definition) is 4. The summed E-state index contributed by atoms with van der Waals surface area (Å²) in [6.45, 7) is 1.18. The van der Waals surface area contributed by atoms with Crippen LogP contribution in [0.4, 0.5) is 5.69 Å². The molecule has 7 nitrogen and oxygen atoms in total. The van der Waals surface area contributed by atoms with Gasteiger partial charge in [0, 0.05) is 6.54 Å². The predicted molar refractivity (Wildman–Crippen MR) is 78.2 cm³/mol. The average molecular weight is 293 g/mol. The molecule has 0 saturated carbocycles. The Morgan fingerprint density at radius 2 is 1.81 bits per heavy atom. The van der Waals surface area contributed by atoms with Crippen LogP contribution in [-0.2, 0) is 9.59 Å². The lowest BCUT2D eigenvalue weighted by atomic mass is 10.2. The Labute approximate surface area is 122 Å². The van der Waals surface area contributed by atoms with E-state index in [4.69, 9.17) is 5.11 Å². The molecule has 2 amide bonds. The van der Waals surface area contributed by atoms with E-state index in [0.29, 0.717) is 6.54 Å². The number of nitrogens with one attached hydrogen (secondary N) is 2. The van der Waals surface area contributed by atoms with Crippen LogP contribution < -0.4 is 10.6 Å². The lowest BCUT2D eigenvalue weighted by molar-refractivity contribution is -0.136. The summed E-state index contributed by atoms with van der Waals surface area (Å²) in [7, 11) is 3.83. The van der Waals surface area contributed by atoms with Crippen molar-refractivity contribution >= 4 is 23.5 Å². The summed E-state index contributed by atoms with van der Waals surface area (Å²) in [6, 6.07) is 5.91. The molecule has 0 aliphatic rings. The zero-order valence-electron chi connectivity index (χ0n) is 12.0. The molecule has 0 atom stereocenters. The van der Waals surface area contributed by atoms with Crippen LogP contribution in [0.5, 0.6) is 0 Å². The summed E-state index contributed by atoms with van der Waals surface area (Å²) in [6.07, 6.45) is 0.720. The van der Waals surface area contributed by atoms with Crippen LogP contribution >= 0.6 is 0 Å². The molecule has 21 heavy (non-hydrogen) atoms. The van der Waals surface area contributed by atoms with Crippen LogP contribution in [0.3, 0.4) is 0 Å². The van der Waals surface area contributed by atoms with Crippen molar-refractivity contribution in [2.24, 2.45) is 0 Å². The molecular formula is C14H19N3O4. The Balaban J connectivity index is 2.53. The Kier molecular flexibility index (Phi) is 6.35. The number of carboxylic acids is 1. The molecular weight excluding hydrogens is 274 g/mol. The van der Waals surface area contributed by atoms with Gasteiger partial charge in [-0.25, -0.2) is 4.79 Å².